The molecule has 0 radical (unpaired) electrons. The highest BCUT2D eigenvalue weighted by Gasteiger charge is 2.11. The third-order valence-electron chi connectivity index (χ3n) is 4.90. The first kappa shape index (κ1) is 21.4. The van der Waals surface area contributed by atoms with Gasteiger partial charge in [0.05, 0.1) is 11.4 Å². The number of amides is 2. The number of anilines is 2. The molecule has 2 aromatic heterocycles. The average molecular weight is 449 g/mol. The van der Waals surface area contributed by atoms with E-state index in [1.165, 1.54) is 10.5 Å². The van der Waals surface area contributed by atoms with E-state index in [9.17, 15) is 9.59 Å². The zero-order chi connectivity index (χ0) is 22.7. The minimum absolute atomic E-state index is 0.0772. The second-order valence-electron chi connectivity index (χ2n) is 7.29. The van der Waals surface area contributed by atoms with E-state index in [2.05, 4.69) is 15.6 Å². The number of aryl methyl sites for hydroxylation is 2. The maximum Gasteiger partial charge on any atom is 0.323 e. The van der Waals surface area contributed by atoms with Gasteiger partial charge < -0.3 is 15.4 Å². The van der Waals surface area contributed by atoms with Crippen LogP contribution in [0.1, 0.15) is 16.8 Å². The minimum Gasteiger partial charge on any atom is -0.485 e. The Morgan fingerprint density at radius 2 is 1.78 bits per heavy atom. The highest BCUT2D eigenvalue weighted by atomic mass is 35.5. The summed E-state index contributed by atoms with van der Waals surface area (Å²) in [7, 11) is 0. The normalized spacial score (nSPS) is 10.7. The van der Waals surface area contributed by atoms with Crippen molar-refractivity contribution in [2.75, 3.05) is 10.6 Å². The van der Waals surface area contributed by atoms with E-state index in [-0.39, 0.29) is 12.2 Å². The molecule has 2 amide bonds. The van der Waals surface area contributed by atoms with Gasteiger partial charge in [-0.25, -0.2) is 9.78 Å². The van der Waals surface area contributed by atoms with Crippen molar-refractivity contribution in [3.05, 3.63) is 99.1 Å². The van der Waals surface area contributed by atoms with Crippen LogP contribution in [0.2, 0.25) is 5.02 Å². The lowest BCUT2D eigenvalue weighted by Crippen LogP contribution is -2.20. The zero-order valence-electron chi connectivity index (χ0n) is 17.6. The van der Waals surface area contributed by atoms with Crippen molar-refractivity contribution in [1.29, 1.82) is 0 Å². The Hall–Kier alpha value is -3.84. The van der Waals surface area contributed by atoms with Gasteiger partial charge in [0.2, 0.25) is 0 Å². The number of halogens is 1. The Labute approximate surface area is 189 Å². The zero-order valence-corrected chi connectivity index (χ0v) is 18.3. The second-order valence-corrected chi connectivity index (χ2v) is 7.73. The average Bonchev–Trinajstić information content (AvgIpc) is 2.76. The quantitative estimate of drug-likeness (QED) is 0.440. The van der Waals surface area contributed by atoms with E-state index in [0.29, 0.717) is 33.5 Å². The summed E-state index contributed by atoms with van der Waals surface area (Å²) in [6, 6.07) is 17.0. The molecule has 0 aliphatic heterocycles. The number of pyridine rings is 1. The molecule has 0 aliphatic rings. The van der Waals surface area contributed by atoms with E-state index in [1.54, 1.807) is 48.7 Å². The van der Waals surface area contributed by atoms with Crippen molar-refractivity contribution < 1.29 is 9.53 Å². The van der Waals surface area contributed by atoms with Crippen LogP contribution in [0.4, 0.5) is 16.2 Å². The van der Waals surface area contributed by atoms with Crippen molar-refractivity contribution in [3.8, 4) is 5.75 Å². The molecule has 162 valence electrons. The Morgan fingerprint density at radius 3 is 2.62 bits per heavy atom. The van der Waals surface area contributed by atoms with Crippen molar-refractivity contribution >= 4 is 34.7 Å². The molecule has 0 fully saturated rings. The van der Waals surface area contributed by atoms with Gasteiger partial charge in [-0.1, -0.05) is 35.9 Å². The molecule has 8 heteroatoms. The largest absolute Gasteiger partial charge is 0.485 e. The number of nitrogens with zero attached hydrogens (tertiary/aromatic N) is 2. The molecule has 7 nitrogen and oxygen atoms in total. The van der Waals surface area contributed by atoms with Crippen molar-refractivity contribution in [1.82, 2.24) is 9.38 Å². The number of benzene rings is 2. The molecule has 0 saturated carbocycles. The van der Waals surface area contributed by atoms with Gasteiger partial charge in [0.15, 0.2) is 0 Å². The smallest absolute Gasteiger partial charge is 0.323 e. The standard InChI is InChI=1S/C24H21ClN4O3/c1-15-9-10-17(25)12-20(15)28-24(31)27-19-7-3-4-8-21(19)32-14-18-13-22(30)29-11-5-6-16(2)23(29)26-18/h3-13H,14H2,1-2H3,(H2,27,28,31). The number of urea groups is 1. The molecule has 32 heavy (non-hydrogen) atoms. The van der Waals surface area contributed by atoms with E-state index in [1.807, 2.05) is 26.0 Å². The molecule has 2 N–H and O–H groups in total. The van der Waals surface area contributed by atoms with Crippen LogP contribution >= 0.6 is 11.6 Å². The van der Waals surface area contributed by atoms with Crippen LogP contribution in [0.3, 0.4) is 0 Å². The third kappa shape index (κ3) is 4.73. The lowest BCUT2D eigenvalue weighted by Gasteiger charge is -2.14. The van der Waals surface area contributed by atoms with E-state index < -0.39 is 6.03 Å². The van der Waals surface area contributed by atoms with Gasteiger partial charge in [0, 0.05) is 23.0 Å². The number of ether oxygens (including phenoxy) is 1. The number of para-hydroxylation sites is 2. The van der Waals surface area contributed by atoms with Crippen LogP contribution in [0.25, 0.3) is 5.65 Å². The Morgan fingerprint density at radius 1 is 1.00 bits per heavy atom. The van der Waals surface area contributed by atoms with Gasteiger partial charge in [-0.15, -0.1) is 0 Å². The monoisotopic (exact) mass is 448 g/mol. The Kier molecular flexibility index (Phi) is 6.09. The molecule has 0 unspecified atom stereocenters. The maximum atomic E-state index is 12.5. The number of carbonyl (C=O) groups is 1. The summed E-state index contributed by atoms with van der Waals surface area (Å²) >= 11 is 6.02. The molecule has 0 aliphatic carbocycles. The lowest BCUT2D eigenvalue weighted by atomic mass is 10.2. The predicted octanol–water partition coefficient (Wildman–Crippen LogP) is 5.19. The fourth-order valence-corrected chi connectivity index (χ4v) is 3.41. The fraction of sp³-hybridized carbons (Fsp3) is 0.125. The van der Waals surface area contributed by atoms with Crippen LogP contribution < -0.4 is 20.9 Å². The van der Waals surface area contributed by atoms with Gasteiger partial charge in [0.25, 0.3) is 5.56 Å². The maximum absolute atomic E-state index is 12.5. The topological polar surface area (TPSA) is 84.7 Å². The summed E-state index contributed by atoms with van der Waals surface area (Å²) < 4.78 is 7.38. The first-order valence-electron chi connectivity index (χ1n) is 9.94. The highest BCUT2D eigenvalue weighted by molar-refractivity contribution is 6.31. The fourth-order valence-electron chi connectivity index (χ4n) is 3.24. The first-order valence-corrected chi connectivity index (χ1v) is 10.3. The number of carbonyl (C=O) groups excluding carboxylic acids is 1. The molecule has 0 saturated heterocycles. The number of aromatic nitrogens is 2. The van der Waals surface area contributed by atoms with Crippen LogP contribution in [0, 0.1) is 13.8 Å². The summed E-state index contributed by atoms with van der Waals surface area (Å²) in [5.74, 6) is 0.456. The van der Waals surface area contributed by atoms with Crippen LogP contribution in [-0.4, -0.2) is 15.4 Å². The molecule has 0 atom stereocenters. The summed E-state index contributed by atoms with van der Waals surface area (Å²) in [6.07, 6.45) is 1.68. The molecular formula is C24H21ClN4O3. The molecular weight excluding hydrogens is 428 g/mol. The van der Waals surface area contributed by atoms with Gasteiger partial charge in [0.1, 0.15) is 18.0 Å². The number of hydrogen-bond acceptors (Lipinski definition) is 4. The van der Waals surface area contributed by atoms with Crippen LogP contribution in [0.15, 0.2) is 71.7 Å². The number of hydrogen-bond donors (Lipinski definition) is 2. The Bertz CT molecular complexity index is 1370. The van der Waals surface area contributed by atoms with Gasteiger partial charge in [-0.2, -0.15) is 0 Å². The third-order valence-corrected chi connectivity index (χ3v) is 5.13. The van der Waals surface area contributed by atoms with E-state index in [4.69, 9.17) is 16.3 Å². The molecule has 4 rings (SSSR count). The van der Waals surface area contributed by atoms with Gasteiger partial charge >= 0.3 is 6.03 Å². The molecule has 4 aromatic rings. The predicted molar refractivity (Wildman–Crippen MR) is 126 cm³/mol. The van der Waals surface area contributed by atoms with Crippen LogP contribution in [-0.2, 0) is 6.61 Å². The van der Waals surface area contributed by atoms with Gasteiger partial charge in [-0.05, 0) is 55.3 Å². The summed E-state index contributed by atoms with van der Waals surface area (Å²) in [5.41, 5.74) is 3.78. The first-order chi connectivity index (χ1) is 15.4. The van der Waals surface area contributed by atoms with Crippen molar-refractivity contribution in [3.63, 3.8) is 0 Å². The molecule has 0 spiro atoms. The van der Waals surface area contributed by atoms with E-state index >= 15 is 0 Å². The second kappa shape index (κ2) is 9.11. The van der Waals surface area contributed by atoms with E-state index in [0.717, 1.165) is 11.1 Å². The number of rotatable bonds is 5. The van der Waals surface area contributed by atoms with Gasteiger partial charge in [-0.3, -0.25) is 9.20 Å². The summed E-state index contributed by atoms with van der Waals surface area (Å²) in [6.45, 7) is 3.85. The lowest BCUT2D eigenvalue weighted by molar-refractivity contribution is 0.261. The number of nitrogens with one attached hydrogen (secondary N) is 2. The molecule has 0 bridgehead atoms. The van der Waals surface area contributed by atoms with Crippen molar-refractivity contribution in [2.24, 2.45) is 0 Å². The van der Waals surface area contributed by atoms with Crippen LogP contribution in [0.5, 0.6) is 5.75 Å². The van der Waals surface area contributed by atoms with Crippen molar-refractivity contribution in [2.45, 2.75) is 20.5 Å². The molecule has 2 heterocycles. The molecule has 2 aromatic carbocycles. The SMILES string of the molecule is Cc1ccc(Cl)cc1NC(=O)Nc1ccccc1OCc1cc(=O)n2cccc(C)c2n1. The Balaban J connectivity index is 1.50. The minimum atomic E-state index is -0.427. The summed E-state index contributed by atoms with van der Waals surface area (Å²) in [5, 5.41) is 6.11. The summed E-state index contributed by atoms with van der Waals surface area (Å²) in [4.78, 5) is 29.5. The highest BCUT2D eigenvalue weighted by Crippen LogP contribution is 2.26. The number of fused-ring (bicyclic) bond motifs is 1.